The van der Waals surface area contributed by atoms with E-state index in [1.165, 1.54) is 6.26 Å². The zero-order valence-corrected chi connectivity index (χ0v) is 15.7. The first-order valence-corrected chi connectivity index (χ1v) is 7.22. The van der Waals surface area contributed by atoms with E-state index in [0.717, 1.165) is 5.56 Å². The Labute approximate surface area is 158 Å². The summed E-state index contributed by atoms with van der Waals surface area (Å²) in [5.41, 5.74) is 1.78. The summed E-state index contributed by atoms with van der Waals surface area (Å²) < 4.78 is 5.05. The summed E-state index contributed by atoms with van der Waals surface area (Å²) >= 11 is 0. The molecule has 128 valence electrons. The zero-order valence-electron chi connectivity index (χ0n) is 13.4. The number of halogens is 1. The number of anilines is 1. The van der Waals surface area contributed by atoms with Crippen molar-refractivity contribution in [2.24, 2.45) is 4.99 Å². The number of aliphatic imine (C=N–C) groups is 1. The molecule has 0 aliphatic rings. The Balaban J connectivity index is 0.00000288. The minimum absolute atomic E-state index is 0. The maximum atomic E-state index is 11.9. The lowest BCUT2D eigenvalue weighted by Gasteiger charge is -2.11. The van der Waals surface area contributed by atoms with Gasteiger partial charge in [0.15, 0.2) is 11.7 Å². The van der Waals surface area contributed by atoms with Crippen molar-refractivity contribution >= 4 is 41.5 Å². The number of furan rings is 1. The van der Waals surface area contributed by atoms with Crippen molar-refractivity contribution < 1.29 is 9.21 Å². The van der Waals surface area contributed by atoms with Crippen LogP contribution in [0.1, 0.15) is 16.1 Å². The second-order valence-electron chi connectivity index (χ2n) is 4.72. The summed E-state index contributed by atoms with van der Waals surface area (Å²) in [6.07, 6.45) is 3.24. The third-order valence-corrected chi connectivity index (χ3v) is 3.05. The number of carbonyl (C=O) groups excluding carboxylic acids is 1. The molecule has 0 aliphatic heterocycles. The summed E-state index contributed by atoms with van der Waals surface area (Å²) in [7, 11) is 1.71. The lowest BCUT2D eigenvalue weighted by atomic mass is 10.2. The molecule has 1 heterocycles. The van der Waals surface area contributed by atoms with E-state index < -0.39 is 0 Å². The number of nitrogens with one attached hydrogen (secondary N) is 3. The van der Waals surface area contributed by atoms with Crippen LogP contribution in [0.3, 0.4) is 0 Å². The molecule has 24 heavy (non-hydrogen) atoms. The van der Waals surface area contributed by atoms with Crippen LogP contribution in [0, 0.1) is 0 Å². The topological polar surface area (TPSA) is 78.7 Å². The molecule has 1 amide bonds. The van der Waals surface area contributed by atoms with Crippen LogP contribution in [0.4, 0.5) is 5.69 Å². The second kappa shape index (κ2) is 10.5. The molecule has 0 aliphatic carbocycles. The molecular weight excluding hydrogens is 419 g/mol. The van der Waals surface area contributed by atoms with E-state index in [9.17, 15) is 4.79 Å². The van der Waals surface area contributed by atoms with Gasteiger partial charge in [-0.2, -0.15) is 0 Å². The third kappa shape index (κ3) is 6.07. The van der Waals surface area contributed by atoms with Gasteiger partial charge in [0.25, 0.3) is 5.91 Å². The average molecular weight is 440 g/mol. The summed E-state index contributed by atoms with van der Waals surface area (Å²) in [5, 5.41) is 9.06. The van der Waals surface area contributed by atoms with Crippen LogP contribution in [0.2, 0.25) is 0 Å². The Hall–Kier alpha value is -2.29. The fourth-order valence-corrected chi connectivity index (χ4v) is 1.88. The van der Waals surface area contributed by atoms with Gasteiger partial charge in [-0.05, 0) is 29.8 Å². The SMILES string of the molecule is C=CCNC(=NC)NCc1ccc(NC(=O)c2ccco2)cc1.I. The molecule has 0 radical (unpaired) electrons. The largest absolute Gasteiger partial charge is 0.459 e. The fourth-order valence-electron chi connectivity index (χ4n) is 1.88. The molecule has 0 bridgehead atoms. The highest BCUT2D eigenvalue weighted by Crippen LogP contribution is 2.11. The Morgan fingerprint density at radius 1 is 1.25 bits per heavy atom. The van der Waals surface area contributed by atoms with Crippen molar-refractivity contribution in [2.45, 2.75) is 6.54 Å². The number of nitrogens with zero attached hydrogens (tertiary/aromatic N) is 1. The van der Waals surface area contributed by atoms with Crippen LogP contribution in [0.5, 0.6) is 0 Å². The first-order valence-electron chi connectivity index (χ1n) is 7.22. The Morgan fingerprint density at radius 3 is 2.58 bits per heavy atom. The number of benzene rings is 1. The second-order valence-corrected chi connectivity index (χ2v) is 4.72. The van der Waals surface area contributed by atoms with Crippen LogP contribution >= 0.6 is 24.0 Å². The van der Waals surface area contributed by atoms with Crippen molar-refractivity contribution in [2.75, 3.05) is 18.9 Å². The van der Waals surface area contributed by atoms with Crippen molar-refractivity contribution in [3.05, 3.63) is 66.6 Å². The minimum Gasteiger partial charge on any atom is -0.459 e. The molecule has 1 aromatic carbocycles. The summed E-state index contributed by atoms with van der Waals surface area (Å²) in [6, 6.07) is 10.9. The summed E-state index contributed by atoms with van der Waals surface area (Å²) in [6.45, 7) is 4.93. The molecule has 1 aromatic heterocycles. The first kappa shape index (κ1) is 19.8. The Bertz CT molecular complexity index is 666. The fraction of sp³-hybridized carbons (Fsp3) is 0.176. The van der Waals surface area contributed by atoms with Gasteiger partial charge >= 0.3 is 0 Å². The first-order chi connectivity index (χ1) is 11.2. The van der Waals surface area contributed by atoms with Gasteiger partial charge in [-0.25, -0.2) is 0 Å². The Morgan fingerprint density at radius 2 is 2.00 bits per heavy atom. The van der Waals surface area contributed by atoms with Crippen molar-refractivity contribution in [1.82, 2.24) is 10.6 Å². The minimum atomic E-state index is -0.269. The number of hydrogen-bond donors (Lipinski definition) is 3. The number of rotatable bonds is 6. The standard InChI is InChI=1S/C17H20N4O2.HI/c1-3-10-19-17(18-2)20-12-13-6-8-14(9-7-13)21-16(22)15-5-4-11-23-15;/h3-9,11H,1,10,12H2,2H3,(H,21,22)(H2,18,19,20);1H. The molecule has 0 atom stereocenters. The van der Waals surface area contributed by atoms with Crippen LogP contribution in [0.15, 0.2) is 64.7 Å². The molecule has 3 N–H and O–H groups in total. The lowest BCUT2D eigenvalue weighted by Crippen LogP contribution is -2.36. The van der Waals surface area contributed by atoms with E-state index in [2.05, 4.69) is 27.5 Å². The van der Waals surface area contributed by atoms with Crippen molar-refractivity contribution in [3.8, 4) is 0 Å². The molecule has 0 unspecified atom stereocenters. The van der Waals surface area contributed by atoms with Gasteiger partial charge in [0.05, 0.1) is 6.26 Å². The van der Waals surface area contributed by atoms with E-state index in [-0.39, 0.29) is 35.6 Å². The number of hydrogen-bond acceptors (Lipinski definition) is 3. The van der Waals surface area contributed by atoms with Gasteiger partial charge in [0, 0.05) is 25.8 Å². The van der Waals surface area contributed by atoms with Gasteiger partial charge in [0.2, 0.25) is 0 Å². The molecule has 2 rings (SSSR count). The highest BCUT2D eigenvalue weighted by molar-refractivity contribution is 14.0. The van der Waals surface area contributed by atoms with Crippen molar-refractivity contribution in [3.63, 3.8) is 0 Å². The predicted molar refractivity (Wildman–Crippen MR) is 107 cm³/mol. The summed E-state index contributed by atoms with van der Waals surface area (Å²) in [5.74, 6) is 0.725. The van der Waals surface area contributed by atoms with E-state index >= 15 is 0 Å². The average Bonchev–Trinajstić information content (AvgIpc) is 3.11. The molecule has 0 saturated carbocycles. The van der Waals surface area contributed by atoms with Gasteiger partial charge in [-0.3, -0.25) is 9.79 Å². The molecule has 0 spiro atoms. The highest BCUT2D eigenvalue weighted by atomic mass is 127. The molecular formula is C17H21IN4O2. The van der Waals surface area contributed by atoms with Crippen LogP contribution in [-0.4, -0.2) is 25.5 Å². The molecule has 6 nitrogen and oxygen atoms in total. The maximum absolute atomic E-state index is 11.9. The zero-order chi connectivity index (χ0) is 16.5. The molecule has 0 fully saturated rings. The van der Waals surface area contributed by atoms with Crippen LogP contribution < -0.4 is 16.0 Å². The molecule has 7 heteroatoms. The van der Waals surface area contributed by atoms with E-state index in [1.807, 2.05) is 24.3 Å². The highest BCUT2D eigenvalue weighted by Gasteiger charge is 2.08. The van der Waals surface area contributed by atoms with E-state index in [0.29, 0.717) is 24.7 Å². The van der Waals surface area contributed by atoms with Gasteiger partial charge < -0.3 is 20.4 Å². The van der Waals surface area contributed by atoms with Crippen LogP contribution in [-0.2, 0) is 6.54 Å². The van der Waals surface area contributed by atoms with E-state index in [1.54, 1.807) is 25.3 Å². The van der Waals surface area contributed by atoms with Crippen molar-refractivity contribution in [1.29, 1.82) is 0 Å². The number of guanidine groups is 1. The molecule has 0 saturated heterocycles. The van der Waals surface area contributed by atoms with E-state index in [4.69, 9.17) is 4.42 Å². The monoisotopic (exact) mass is 440 g/mol. The predicted octanol–water partition coefficient (Wildman–Crippen LogP) is 3.00. The smallest absolute Gasteiger partial charge is 0.291 e. The summed E-state index contributed by atoms with van der Waals surface area (Å²) in [4.78, 5) is 16.0. The number of carbonyl (C=O) groups is 1. The van der Waals surface area contributed by atoms with Gasteiger partial charge in [-0.1, -0.05) is 18.2 Å². The normalized spacial score (nSPS) is 10.5. The Kier molecular flexibility index (Phi) is 8.63. The van der Waals surface area contributed by atoms with Gasteiger partial charge in [0.1, 0.15) is 0 Å². The van der Waals surface area contributed by atoms with Crippen LogP contribution in [0.25, 0.3) is 0 Å². The van der Waals surface area contributed by atoms with Gasteiger partial charge in [-0.15, -0.1) is 30.6 Å². The quantitative estimate of drug-likeness (QED) is 0.279. The number of amides is 1. The lowest BCUT2D eigenvalue weighted by molar-refractivity contribution is 0.0996. The molecule has 2 aromatic rings. The maximum Gasteiger partial charge on any atom is 0.291 e. The third-order valence-electron chi connectivity index (χ3n) is 3.05.